The highest BCUT2D eigenvalue weighted by Gasteiger charge is 2.36. The molecule has 7 heteroatoms. The first-order chi connectivity index (χ1) is 14.8. The number of anilines is 1. The summed E-state index contributed by atoms with van der Waals surface area (Å²) < 4.78 is 10.6. The van der Waals surface area contributed by atoms with Crippen molar-refractivity contribution >= 4 is 17.4 Å². The highest BCUT2D eigenvalue weighted by molar-refractivity contribution is 6.02. The van der Waals surface area contributed by atoms with Gasteiger partial charge in [-0.25, -0.2) is 0 Å². The van der Waals surface area contributed by atoms with Crippen molar-refractivity contribution in [2.24, 2.45) is 0 Å². The summed E-state index contributed by atoms with van der Waals surface area (Å²) in [6.07, 6.45) is 0.382. The number of hydrogen-bond acceptors (Lipinski definition) is 7. The van der Waals surface area contributed by atoms with E-state index in [4.69, 9.17) is 9.47 Å². The van der Waals surface area contributed by atoms with Gasteiger partial charge in [-0.3, -0.25) is 19.4 Å². The zero-order chi connectivity index (χ0) is 22.4. The fourth-order valence-electron chi connectivity index (χ4n) is 4.24. The third-order valence-corrected chi connectivity index (χ3v) is 6.22. The van der Waals surface area contributed by atoms with Crippen molar-refractivity contribution in [1.29, 1.82) is 0 Å². The summed E-state index contributed by atoms with van der Waals surface area (Å²) in [5.74, 6) is 0.0248. The Hall–Kier alpha value is -1.96. The second kappa shape index (κ2) is 10.6. The molecule has 1 aromatic carbocycles. The van der Waals surface area contributed by atoms with Gasteiger partial charge in [0, 0.05) is 57.1 Å². The lowest BCUT2D eigenvalue weighted by Crippen LogP contribution is -2.54. The van der Waals surface area contributed by atoms with Crippen LogP contribution >= 0.6 is 0 Å². The minimum absolute atomic E-state index is 0.0568. The number of morpholine rings is 1. The molecule has 0 saturated carbocycles. The maximum absolute atomic E-state index is 13.1. The molecule has 1 aromatic rings. The van der Waals surface area contributed by atoms with Crippen LogP contribution in [0.3, 0.4) is 0 Å². The number of carbonyl (C=O) groups excluding carboxylic acids is 2. The second-order valence-corrected chi connectivity index (χ2v) is 9.15. The molecule has 0 aliphatic carbocycles. The Morgan fingerprint density at radius 1 is 1.00 bits per heavy atom. The summed E-state index contributed by atoms with van der Waals surface area (Å²) >= 11 is 0. The summed E-state index contributed by atoms with van der Waals surface area (Å²) in [4.78, 5) is 31.7. The second-order valence-electron chi connectivity index (χ2n) is 9.15. The third kappa shape index (κ3) is 6.28. The Balaban J connectivity index is 1.50. The summed E-state index contributed by atoms with van der Waals surface area (Å²) in [7, 11) is 0. The Bertz CT molecular complexity index is 734. The first kappa shape index (κ1) is 23.7. The number of Topliss-reactive ketones (excluding diaryl/α,β-unsaturated/α-hetero) is 1. The zero-order valence-electron chi connectivity index (χ0n) is 19.4. The average Bonchev–Trinajstić information content (AvgIpc) is 2.78. The number of rotatable bonds is 8. The van der Waals surface area contributed by atoms with Gasteiger partial charge in [0.2, 0.25) is 0 Å². The van der Waals surface area contributed by atoms with E-state index >= 15 is 0 Å². The molecular formula is C24H37N3O4. The smallest absolute Gasteiger partial charge is 0.307 e. The van der Waals surface area contributed by atoms with Crippen LogP contribution in [-0.2, 0) is 14.3 Å². The van der Waals surface area contributed by atoms with Crippen LogP contribution in [0.25, 0.3) is 0 Å². The van der Waals surface area contributed by atoms with Gasteiger partial charge in [0.25, 0.3) is 0 Å². The van der Waals surface area contributed by atoms with Gasteiger partial charge in [-0.2, -0.15) is 0 Å². The number of ether oxygens (including phenoxy) is 2. The Morgan fingerprint density at radius 3 is 2.19 bits per heavy atom. The standard InChI is InChI=1S/C24H37N3O4/c1-19(2)31-22(28)9-10-25-11-13-26(14-12-25)21-7-5-20(6-8-21)23(29)24(3,4)27-15-17-30-18-16-27/h5-8,19H,9-18H2,1-4H3. The maximum atomic E-state index is 13.1. The summed E-state index contributed by atoms with van der Waals surface area (Å²) in [5, 5.41) is 0. The van der Waals surface area contributed by atoms with E-state index in [9.17, 15) is 9.59 Å². The SMILES string of the molecule is CC(C)OC(=O)CCN1CCN(c2ccc(C(=O)C(C)(C)N3CCOCC3)cc2)CC1. The van der Waals surface area contributed by atoms with Crippen molar-refractivity contribution in [1.82, 2.24) is 9.80 Å². The van der Waals surface area contributed by atoms with Crippen LogP contribution in [-0.4, -0.2) is 92.2 Å². The van der Waals surface area contributed by atoms with Crippen LogP contribution in [0, 0.1) is 0 Å². The first-order valence-electron chi connectivity index (χ1n) is 11.4. The molecule has 2 saturated heterocycles. The van der Waals surface area contributed by atoms with E-state index in [1.54, 1.807) is 0 Å². The van der Waals surface area contributed by atoms with Gasteiger partial charge >= 0.3 is 5.97 Å². The van der Waals surface area contributed by atoms with Gasteiger partial charge in [0.15, 0.2) is 5.78 Å². The normalized spacial score (nSPS) is 18.9. The molecule has 0 amide bonds. The predicted molar refractivity (Wildman–Crippen MR) is 122 cm³/mol. The van der Waals surface area contributed by atoms with Crippen LogP contribution in [0.1, 0.15) is 44.5 Å². The Morgan fingerprint density at radius 2 is 1.61 bits per heavy atom. The van der Waals surface area contributed by atoms with E-state index in [1.807, 2.05) is 39.8 Å². The van der Waals surface area contributed by atoms with E-state index in [-0.39, 0.29) is 17.9 Å². The first-order valence-corrected chi connectivity index (χ1v) is 11.4. The van der Waals surface area contributed by atoms with Crippen molar-refractivity contribution in [3.05, 3.63) is 29.8 Å². The predicted octanol–water partition coefficient (Wildman–Crippen LogP) is 2.44. The topological polar surface area (TPSA) is 62.3 Å². The summed E-state index contributed by atoms with van der Waals surface area (Å²) in [6.45, 7) is 15.1. The van der Waals surface area contributed by atoms with Crippen LogP contribution in [0.5, 0.6) is 0 Å². The fraction of sp³-hybridized carbons (Fsp3) is 0.667. The highest BCUT2D eigenvalue weighted by Crippen LogP contribution is 2.24. The molecule has 2 aliphatic rings. The fourth-order valence-corrected chi connectivity index (χ4v) is 4.24. The molecule has 0 radical (unpaired) electrons. The summed E-state index contributed by atoms with van der Waals surface area (Å²) in [5.41, 5.74) is 1.36. The summed E-state index contributed by atoms with van der Waals surface area (Å²) in [6, 6.07) is 8.01. The van der Waals surface area contributed by atoms with Crippen molar-refractivity contribution in [3.8, 4) is 0 Å². The van der Waals surface area contributed by atoms with Gasteiger partial charge in [-0.15, -0.1) is 0 Å². The van der Waals surface area contributed by atoms with E-state index in [0.717, 1.165) is 57.1 Å². The number of piperazine rings is 1. The van der Waals surface area contributed by atoms with Crippen LogP contribution in [0.2, 0.25) is 0 Å². The number of carbonyl (C=O) groups is 2. The molecule has 0 bridgehead atoms. The van der Waals surface area contributed by atoms with Crippen LogP contribution in [0.4, 0.5) is 5.69 Å². The van der Waals surface area contributed by atoms with E-state index < -0.39 is 5.54 Å². The van der Waals surface area contributed by atoms with Crippen molar-refractivity contribution in [3.63, 3.8) is 0 Å². The molecule has 31 heavy (non-hydrogen) atoms. The van der Waals surface area contributed by atoms with Gasteiger partial charge in [0.05, 0.1) is 31.3 Å². The Labute approximate surface area is 186 Å². The van der Waals surface area contributed by atoms with Gasteiger partial charge in [0.1, 0.15) is 0 Å². The van der Waals surface area contributed by atoms with E-state index in [0.29, 0.717) is 19.6 Å². The lowest BCUT2D eigenvalue weighted by Gasteiger charge is -2.39. The van der Waals surface area contributed by atoms with Gasteiger partial charge in [-0.1, -0.05) is 0 Å². The molecule has 0 unspecified atom stereocenters. The minimum atomic E-state index is -0.534. The largest absolute Gasteiger partial charge is 0.463 e. The molecule has 0 N–H and O–H groups in total. The number of hydrogen-bond donors (Lipinski definition) is 0. The highest BCUT2D eigenvalue weighted by atomic mass is 16.5. The van der Waals surface area contributed by atoms with Crippen molar-refractivity contribution < 1.29 is 19.1 Å². The lowest BCUT2D eigenvalue weighted by atomic mass is 9.90. The molecule has 2 aliphatic heterocycles. The number of ketones is 1. The number of esters is 1. The quantitative estimate of drug-likeness (QED) is 0.463. The molecule has 172 valence electrons. The molecule has 0 aromatic heterocycles. The minimum Gasteiger partial charge on any atom is -0.463 e. The molecule has 0 atom stereocenters. The molecule has 7 nitrogen and oxygen atoms in total. The van der Waals surface area contributed by atoms with E-state index in [1.165, 1.54) is 0 Å². The molecular weight excluding hydrogens is 394 g/mol. The molecule has 2 heterocycles. The zero-order valence-corrected chi connectivity index (χ0v) is 19.4. The van der Waals surface area contributed by atoms with Gasteiger partial charge < -0.3 is 14.4 Å². The van der Waals surface area contributed by atoms with Crippen molar-refractivity contribution in [2.75, 3.05) is 63.9 Å². The average molecular weight is 432 g/mol. The van der Waals surface area contributed by atoms with Crippen molar-refractivity contribution in [2.45, 2.75) is 45.8 Å². The number of nitrogens with zero attached hydrogens (tertiary/aromatic N) is 3. The van der Waals surface area contributed by atoms with Crippen LogP contribution < -0.4 is 4.90 Å². The van der Waals surface area contributed by atoms with E-state index in [2.05, 4.69) is 26.8 Å². The Kier molecular flexibility index (Phi) is 8.08. The molecule has 3 rings (SSSR count). The van der Waals surface area contributed by atoms with Crippen LogP contribution in [0.15, 0.2) is 24.3 Å². The maximum Gasteiger partial charge on any atom is 0.307 e. The molecule has 2 fully saturated rings. The number of benzene rings is 1. The van der Waals surface area contributed by atoms with Gasteiger partial charge in [-0.05, 0) is 52.0 Å². The monoisotopic (exact) mass is 431 g/mol. The lowest BCUT2D eigenvalue weighted by molar-refractivity contribution is -0.147. The molecule has 0 spiro atoms. The third-order valence-electron chi connectivity index (χ3n) is 6.22.